The van der Waals surface area contributed by atoms with E-state index in [4.69, 9.17) is 0 Å². The molecule has 2 rings (SSSR count). The third-order valence-corrected chi connectivity index (χ3v) is 4.46. The first-order valence-electron chi connectivity index (χ1n) is 7.48. The van der Waals surface area contributed by atoms with E-state index in [0.29, 0.717) is 6.04 Å². The lowest BCUT2D eigenvalue weighted by molar-refractivity contribution is 0.311. The minimum absolute atomic E-state index is 0.680. The number of hydrogen-bond acceptors (Lipinski definition) is 1. The van der Waals surface area contributed by atoms with Crippen molar-refractivity contribution in [2.45, 2.75) is 52.0 Å². The highest BCUT2D eigenvalue weighted by Gasteiger charge is 2.28. The van der Waals surface area contributed by atoms with Gasteiger partial charge in [0.2, 0.25) is 0 Å². The Hall–Kier alpha value is -0.820. The maximum Gasteiger partial charge on any atom is 0.0101 e. The average molecular weight is 245 g/mol. The minimum atomic E-state index is 0.680. The first-order valence-corrected chi connectivity index (χ1v) is 7.48. The molecule has 0 fully saturated rings. The molecular formula is C17H27N. The summed E-state index contributed by atoms with van der Waals surface area (Å²) in [6.45, 7) is 4.69. The van der Waals surface area contributed by atoms with E-state index in [9.17, 15) is 0 Å². The van der Waals surface area contributed by atoms with Crippen molar-refractivity contribution >= 4 is 0 Å². The van der Waals surface area contributed by atoms with E-state index in [-0.39, 0.29) is 0 Å². The maximum atomic E-state index is 3.57. The van der Waals surface area contributed by atoms with Crippen LogP contribution in [0.1, 0.15) is 44.2 Å². The highest BCUT2D eigenvalue weighted by atomic mass is 14.9. The lowest BCUT2D eigenvalue weighted by Crippen LogP contribution is -2.35. The van der Waals surface area contributed by atoms with Crippen LogP contribution in [0.15, 0.2) is 24.3 Å². The van der Waals surface area contributed by atoms with E-state index in [1.165, 1.54) is 32.1 Å². The monoisotopic (exact) mass is 245 g/mol. The average Bonchev–Trinajstić information content (AvgIpc) is 2.79. The van der Waals surface area contributed by atoms with Crippen molar-refractivity contribution < 1.29 is 0 Å². The van der Waals surface area contributed by atoms with Crippen molar-refractivity contribution in [1.82, 2.24) is 5.32 Å². The highest BCUT2D eigenvalue weighted by molar-refractivity contribution is 5.32. The molecule has 1 aliphatic carbocycles. The van der Waals surface area contributed by atoms with Gasteiger partial charge >= 0.3 is 0 Å². The standard InChI is InChI=1S/C17H27N/c1-4-7-13(2)10-17(18-3)16-11-14-8-5-6-9-15(14)12-16/h5-6,8-9,13,16-18H,4,7,10-12H2,1-3H3. The fourth-order valence-electron chi connectivity index (χ4n) is 3.47. The Morgan fingerprint density at radius 3 is 2.33 bits per heavy atom. The molecule has 2 unspecified atom stereocenters. The quantitative estimate of drug-likeness (QED) is 0.803. The highest BCUT2D eigenvalue weighted by Crippen LogP contribution is 2.31. The summed E-state index contributed by atoms with van der Waals surface area (Å²) in [5.41, 5.74) is 3.15. The van der Waals surface area contributed by atoms with Crippen molar-refractivity contribution in [1.29, 1.82) is 0 Å². The van der Waals surface area contributed by atoms with E-state index in [2.05, 4.69) is 50.5 Å². The third-order valence-electron chi connectivity index (χ3n) is 4.46. The first-order chi connectivity index (χ1) is 8.74. The van der Waals surface area contributed by atoms with Crippen LogP contribution in [-0.2, 0) is 12.8 Å². The van der Waals surface area contributed by atoms with Crippen molar-refractivity contribution in [3.63, 3.8) is 0 Å². The second-order valence-electron chi connectivity index (χ2n) is 5.96. The normalized spacial score (nSPS) is 18.6. The van der Waals surface area contributed by atoms with Crippen LogP contribution in [0.4, 0.5) is 0 Å². The van der Waals surface area contributed by atoms with Gasteiger partial charge in [-0.2, -0.15) is 0 Å². The summed E-state index contributed by atoms with van der Waals surface area (Å²) in [4.78, 5) is 0. The molecule has 0 aromatic heterocycles. The van der Waals surface area contributed by atoms with Gasteiger partial charge in [0.15, 0.2) is 0 Å². The zero-order valence-corrected chi connectivity index (χ0v) is 12.1. The lowest BCUT2D eigenvalue weighted by Gasteiger charge is -2.26. The van der Waals surface area contributed by atoms with Crippen LogP contribution in [0.2, 0.25) is 0 Å². The molecular weight excluding hydrogens is 218 g/mol. The second kappa shape index (κ2) is 6.38. The van der Waals surface area contributed by atoms with Gasteiger partial charge in [0.25, 0.3) is 0 Å². The van der Waals surface area contributed by atoms with Gasteiger partial charge in [-0.15, -0.1) is 0 Å². The Morgan fingerprint density at radius 1 is 1.22 bits per heavy atom. The Balaban J connectivity index is 1.95. The van der Waals surface area contributed by atoms with Gasteiger partial charge in [-0.05, 0) is 49.3 Å². The van der Waals surface area contributed by atoms with Gasteiger partial charge in [0.1, 0.15) is 0 Å². The van der Waals surface area contributed by atoms with Crippen LogP contribution in [-0.4, -0.2) is 13.1 Å². The molecule has 1 heteroatoms. The zero-order valence-electron chi connectivity index (χ0n) is 12.1. The first kappa shape index (κ1) is 13.6. The van der Waals surface area contributed by atoms with E-state index in [0.717, 1.165) is 11.8 Å². The molecule has 18 heavy (non-hydrogen) atoms. The summed E-state index contributed by atoms with van der Waals surface area (Å²) in [5, 5.41) is 3.57. The number of benzene rings is 1. The Bertz CT molecular complexity index is 347. The predicted octanol–water partition coefficient (Wildman–Crippen LogP) is 3.82. The Kier molecular flexibility index (Phi) is 4.82. The number of fused-ring (bicyclic) bond motifs is 1. The lowest BCUT2D eigenvalue weighted by atomic mass is 9.87. The van der Waals surface area contributed by atoms with E-state index < -0.39 is 0 Å². The molecule has 2 atom stereocenters. The summed E-state index contributed by atoms with van der Waals surface area (Å²) in [6.07, 6.45) is 6.52. The number of nitrogens with one attached hydrogen (secondary N) is 1. The maximum absolute atomic E-state index is 3.57. The van der Waals surface area contributed by atoms with E-state index in [1.807, 2.05) is 0 Å². The molecule has 100 valence electrons. The molecule has 0 heterocycles. The Labute approximate surface area is 112 Å². The van der Waals surface area contributed by atoms with Crippen molar-refractivity contribution in [2.75, 3.05) is 7.05 Å². The molecule has 1 N–H and O–H groups in total. The van der Waals surface area contributed by atoms with Crippen LogP contribution < -0.4 is 5.32 Å². The molecule has 1 aliphatic rings. The van der Waals surface area contributed by atoms with Gasteiger partial charge < -0.3 is 5.32 Å². The molecule has 1 aromatic carbocycles. The van der Waals surface area contributed by atoms with E-state index in [1.54, 1.807) is 11.1 Å². The van der Waals surface area contributed by atoms with E-state index >= 15 is 0 Å². The molecule has 0 bridgehead atoms. The largest absolute Gasteiger partial charge is 0.317 e. The topological polar surface area (TPSA) is 12.0 Å². The number of hydrogen-bond donors (Lipinski definition) is 1. The second-order valence-corrected chi connectivity index (χ2v) is 5.96. The SMILES string of the molecule is CCCC(C)CC(NC)C1Cc2ccccc2C1. The van der Waals surface area contributed by atoms with Gasteiger partial charge in [0, 0.05) is 6.04 Å². The molecule has 0 saturated heterocycles. The predicted molar refractivity (Wildman–Crippen MR) is 78.9 cm³/mol. The van der Waals surface area contributed by atoms with Crippen LogP contribution >= 0.6 is 0 Å². The molecule has 0 spiro atoms. The summed E-state index contributed by atoms with van der Waals surface area (Å²) >= 11 is 0. The smallest absolute Gasteiger partial charge is 0.0101 e. The Morgan fingerprint density at radius 2 is 1.83 bits per heavy atom. The van der Waals surface area contributed by atoms with Crippen LogP contribution in [0.3, 0.4) is 0 Å². The van der Waals surface area contributed by atoms with Gasteiger partial charge in [-0.25, -0.2) is 0 Å². The molecule has 0 radical (unpaired) electrons. The van der Waals surface area contributed by atoms with Crippen LogP contribution in [0.25, 0.3) is 0 Å². The van der Waals surface area contributed by atoms with Crippen molar-refractivity contribution in [2.24, 2.45) is 11.8 Å². The van der Waals surface area contributed by atoms with Gasteiger partial charge in [-0.1, -0.05) is 51.0 Å². The number of rotatable bonds is 6. The molecule has 0 amide bonds. The minimum Gasteiger partial charge on any atom is -0.317 e. The van der Waals surface area contributed by atoms with Gasteiger partial charge in [-0.3, -0.25) is 0 Å². The third kappa shape index (κ3) is 3.14. The van der Waals surface area contributed by atoms with Crippen molar-refractivity contribution in [3.05, 3.63) is 35.4 Å². The summed E-state index contributed by atoms with van der Waals surface area (Å²) in [7, 11) is 2.13. The van der Waals surface area contributed by atoms with Gasteiger partial charge in [0.05, 0.1) is 0 Å². The van der Waals surface area contributed by atoms with Crippen LogP contribution in [0, 0.1) is 11.8 Å². The van der Waals surface area contributed by atoms with Crippen LogP contribution in [0.5, 0.6) is 0 Å². The summed E-state index contributed by atoms with van der Waals surface area (Å²) < 4.78 is 0. The molecule has 1 nitrogen and oxygen atoms in total. The fourth-order valence-corrected chi connectivity index (χ4v) is 3.47. The summed E-state index contributed by atoms with van der Waals surface area (Å²) in [5.74, 6) is 1.64. The fraction of sp³-hybridized carbons (Fsp3) is 0.647. The molecule has 0 saturated carbocycles. The molecule has 1 aromatic rings. The zero-order chi connectivity index (χ0) is 13.0. The van der Waals surface area contributed by atoms with Crippen molar-refractivity contribution in [3.8, 4) is 0 Å². The molecule has 0 aliphatic heterocycles. The summed E-state index contributed by atoms with van der Waals surface area (Å²) in [6, 6.07) is 9.64.